The zero-order valence-electron chi connectivity index (χ0n) is 36.0. The van der Waals surface area contributed by atoms with Gasteiger partial charge in [-0.2, -0.15) is 0 Å². The number of nitrogens with one attached hydrogen (secondary N) is 3. The molecule has 5 atom stereocenters. The molecule has 10 heteroatoms. The summed E-state index contributed by atoms with van der Waals surface area (Å²) in [5.41, 5.74) is 5.29. The van der Waals surface area contributed by atoms with Gasteiger partial charge in [-0.1, -0.05) is 138 Å². The quantitative estimate of drug-likeness (QED) is 0.125. The summed E-state index contributed by atoms with van der Waals surface area (Å²) in [6, 6.07) is 24.4. The number of allylic oxidation sites excluding steroid dienone is 2. The first-order valence-corrected chi connectivity index (χ1v) is 22.2. The molecule has 3 N–H and O–H groups in total. The summed E-state index contributed by atoms with van der Waals surface area (Å²) < 4.78 is 5.95. The zero-order valence-corrected chi connectivity index (χ0v) is 36.0. The number of carbonyl (C=O) groups is 4. The highest BCUT2D eigenvalue weighted by Crippen LogP contribution is 2.46. The first-order valence-electron chi connectivity index (χ1n) is 22.2. The van der Waals surface area contributed by atoms with Crippen molar-refractivity contribution in [3.63, 3.8) is 0 Å². The van der Waals surface area contributed by atoms with Crippen molar-refractivity contribution in [2.45, 2.75) is 122 Å². The third kappa shape index (κ3) is 9.69. The lowest BCUT2D eigenvalue weighted by atomic mass is 9.81. The number of likely N-dealkylation sites (tertiary alicyclic amines) is 1. The molecule has 2 heterocycles. The third-order valence-electron chi connectivity index (χ3n) is 12.8. The van der Waals surface area contributed by atoms with E-state index in [4.69, 9.17) is 9.73 Å². The fraction of sp³-hybridized carbons (Fsp3) is 0.500. The van der Waals surface area contributed by atoms with E-state index in [1.807, 2.05) is 75.4 Å². The molecule has 2 aliphatic heterocycles. The number of ether oxygens (including phenoxy) is 1. The number of nitrogens with zero attached hydrogens (tertiary/aromatic N) is 2. The minimum absolute atomic E-state index is 0.0370. The van der Waals surface area contributed by atoms with Crippen LogP contribution in [0, 0.1) is 16.7 Å². The Labute approximate surface area is 356 Å². The first kappa shape index (κ1) is 42.9. The predicted octanol–water partition coefficient (Wildman–Crippen LogP) is 8.35. The molecule has 1 saturated carbocycles. The molecule has 4 amide bonds. The second kappa shape index (κ2) is 18.6. The second-order valence-corrected chi connectivity index (χ2v) is 18.5. The maximum Gasteiger partial charge on any atom is 0.407 e. The molecule has 60 heavy (non-hydrogen) atoms. The molecular formula is C50H63N5O5. The van der Waals surface area contributed by atoms with E-state index in [2.05, 4.69) is 66.2 Å². The van der Waals surface area contributed by atoms with Gasteiger partial charge in [-0.05, 0) is 78.2 Å². The van der Waals surface area contributed by atoms with Crippen LogP contribution in [0.25, 0.3) is 11.1 Å². The molecule has 3 unspecified atom stereocenters. The Bertz CT molecular complexity index is 2040. The minimum atomic E-state index is -0.985. The van der Waals surface area contributed by atoms with Crippen molar-refractivity contribution >= 4 is 29.5 Å². The molecule has 2 aliphatic carbocycles. The van der Waals surface area contributed by atoms with Crippen molar-refractivity contribution in [3.8, 4) is 11.1 Å². The number of aliphatic imine (C=N–C) groups is 1. The van der Waals surface area contributed by atoms with Gasteiger partial charge >= 0.3 is 6.09 Å². The van der Waals surface area contributed by atoms with Crippen LogP contribution < -0.4 is 16.0 Å². The summed E-state index contributed by atoms with van der Waals surface area (Å²) in [6.45, 7) is 10.8. The molecule has 2 fully saturated rings. The molecule has 0 radical (unpaired) electrons. The van der Waals surface area contributed by atoms with Crippen LogP contribution in [0.15, 0.2) is 96.0 Å². The Morgan fingerprint density at radius 2 is 1.55 bits per heavy atom. The summed E-state index contributed by atoms with van der Waals surface area (Å²) in [7, 11) is 0. The highest BCUT2D eigenvalue weighted by atomic mass is 16.5. The molecule has 3 aromatic carbocycles. The highest BCUT2D eigenvalue weighted by Gasteiger charge is 2.53. The van der Waals surface area contributed by atoms with E-state index in [0.29, 0.717) is 38.8 Å². The second-order valence-electron chi connectivity index (χ2n) is 18.5. The molecule has 3 aromatic rings. The van der Waals surface area contributed by atoms with Gasteiger partial charge in [0.2, 0.25) is 17.7 Å². The average Bonchev–Trinajstić information content (AvgIpc) is 3.69. The standard InChI is InChI=1S/C50H63N5O5/c1-6-8-9-13-25-39(45(56)52-34-26-27-34)41(18-7-2)53-46(57)43-29-50(28-42(51-31-50)33-19-11-10-12-20-33)32-55(43)47(58)44(49(3,4)5)54-48(59)60-30-40-37-23-16-14-21-35(37)36-22-15-17-24-38(36)40/h9-17,19-24,34,39-41,43-44H,6-8,18,25-32H2,1-5H3,(H,52,56)(H,53,57)(H,54,59)/b13-9-/t39?,41-,43?,44?,50-/m0/s1. The number of amides is 4. The number of rotatable bonds is 16. The lowest BCUT2D eigenvalue weighted by Crippen LogP contribution is -2.59. The Hall–Kier alpha value is -5.25. The van der Waals surface area contributed by atoms with Gasteiger partial charge in [0.25, 0.3) is 0 Å². The summed E-state index contributed by atoms with van der Waals surface area (Å²) in [5, 5.41) is 9.47. The maximum absolute atomic E-state index is 15.1. The molecule has 7 rings (SSSR count). The van der Waals surface area contributed by atoms with Crippen LogP contribution in [-0.4, -0.2) is 78.3 Å². The molecule has 4 aliphatic rings. The van der Waals surface area contributed by atoms with Crippen LogP contribution in [0.3, 0.4) is 0 Å². The summed E-state index contributed by atoms with van der Waals surface area (Å²) in [5.74, 6) is -1.22. The van der Waals surface area contributed by atoms with E-state index in [0.717, 1.165) is 65.6 Å². The lowest BCUT2D eigenvalue weighted by Gasteiger charge is -2.36. The van der Waals surface area contributed by atoms with Crippen LogP contribution in [-0.2, 0) is 19.1 Å². The summed E-state index contributed by atoms with van der Waals surface area (Å²) in [6.07, 6.45) is 10.3. The van der Waals surface area contributed by atoms with E-state index in [1.165, 1.54) is 0 Å². The fourth-order valence-corrected chi connectivity index (χ4v) is 9.37. The van der Waals surface area contributed by atoms with Gasteiger partial charge in [-0.25, -0.2) is 4.79 Å². The maximum atomic E-state index is 15.1. The normalized spacial score (nSPS) is 21.2. The number of carbonyl (C=O) groups excluding carboxylic acids is 4. The van der Waals surface area contributed by atoms with E-state index >= 15 is 4.79 Å². The van der Waals surface area contributed by atoms with Crippen molar-refractivity contribution in [2.75, 3.05) is 19.7 Å². The largest absolute Gasteiger partial charge is 0.449 e. The van der Waals surface area contributed by atoms with Crippen molar-refractivity contribution in [3.05, 3.63) is 108 Å². The van der Waals surface area contributed by atoms with Crippen LogP contribution in [0.4, 0.5) is 4.79 Å². The monoisotopic (exact) mass is 813 g/mol. The number of hydrogen-bond acceptors (Lipinski definition) is 6. The molecular weight excluding hydrogens is 751 g/mol. The van der Waals surface area contributed by atoms with Crippen LogP contribution >= 0.6 is 0 Å². The molecule has 10 nitrogen and oxygen atoms in total. The molecule has 318 valence electrons. The van der Waals surface area contributed by atoms with Crippen molar-refractivity contribution in [2.24, 2.45) is 21.7 Å². The number of unbranched alkanes of at least 4 members (excludes halogenated alkanes) is 1. The third-order valence-corrected chi connectivity index (χ3v) is 12.8. The number of fused-ring (bicyclic) bond motifs is 3. The Morgan fingerprint density at radius 1 is 0.883 bits per heavy atom. The Balaban J connectivity index is 1.12. The number of hydrogen-bond donors (Lipinski definition) is 3. The summed E-state index contributed by atoms with van der Waals surface area (Å²) in [4.78, 5) is 64.1. The lowest BCUT2D eigenvalue weighted by molar-refractivity contribution is -0.142. The minimum Gasteiger partial charge on any atom is -0.449 e. The smallest absolute Gasteiger partial charge is 0.407 e. The average molecular weight is 814 g/mol. The van der Waals surface area contributed by atoms with Crippen molar-refractivity contribution in [1.29, 1.82) is 0 Å². The Morgan fingerprint density at radius 3 is 2.18 bits per heavy atom. The summed E-state index contributed by atoms with van der Waals surface area (Å²) >= 11 is 0. The van der Waals surface area contributed by atoms with E-state index in [-0.39, 0.29) is 36.3 Å². The SMILES string of the molecule is CCC/C=C\CC(C(=O)NC1CC1)[C@H](CCC)NC(=O)C1C[C@@]2(CN=C(c3ccccc3)C2)CN1C(=O)C(NC(=O)OCC1c2ccccc2-c2ccccc21)C(C)(C)C. The van der Waals surface area contributed by atoms with Crippen LogP contribution in [0.2, 0.25) is 0 Å². The van der Waals surface area contributed by atoms with Gasteiger partial charge in [0.15, 0.2) is 0 Å². The Kier molecular flexibility index (Phi) is 13.3. The van der Waals surface area contributed by atoms with Crippen LogP contribution in [0.1, 0.15) is 115 Å². The fourth-order valence-electron chi connectivity index (χ4n) is 9.37. The molecule has 0 aromatic heterocycles. The van der Waals surface area contributed by atoms with E-state index in [1.54, 1.807) is 4.90 Å². The number of alkyl carbamates (subject to hydrolysis) is 1. The molecule has 0 bridgehead atoms. The highest BCUT2D eigenvalue weighted by molar-refractivity contribution is 6.02. The predicted molar refractivity (Wildman–Crippen MR) is 237 cm³/mol. The van der Waals surface area contributed by atoms with E-state index in [9.17, 15) is 14.4 Å². The zero-order chi connectivity index (χ0) is 42.4. The molecule has 1 saturated heterocycles. The topological polar surface area (TPSA) is 129 Å². The van der Waals surface area contributed by atoms with Gasteiger partial charge in [-0.15, -0.1) is 0 Å². The van der Waals surface area contributed by atoms with Gasteiger partial charge < -0.3 is 25.6 Å². The first-order chi connectivity index (χ1) is 28.9. The number of benzene rings is 3. The van der Waals surface area contributed by atoms with Gasteiger partial charge in [0, 0.05) is 42.2 Å². The van der Waals surface area contributed by atoms with Gasteiger partial charge in [-0.3, -0.25) is 19.4 Å². The van der Waals surface area contributed by atoms with Gasteiger partial charge in [0.1, 0.15) is 18.7 Å². The van der Waals surface area contributed by atoms with Crippen molar-refractivity contribution < 1.29 is 23.9 Å². The van der Waals surface area contributed by atoms with Crippen LogP contribution in [0.5, 0.6) is 0 Å². The van der Waals surface area contributed by atoms with E-state index < -0.39 is 41.0 Å². The van der Waals surface area contributed by atoms with Crippen molar-refractivity contribution in [1.82, 2.24) is 20.9 Å². The van der Waals surface area contributed by atoms with Gasteiger partial charge in [0.05, 0.1) is 5.92 Å². The molecule has 1 spiro atoms.